The minimum Gasteiger partial charge on any atom is -0.439 e. The number of hydrogen-bond acceptors (Lipinski definition) is 9. The largest absolute Gasteiger partial charge is 0.439 e. The molecule has 1 aromatic carbocycles. The minimum absolute atomic E-state index is 0.0270. The van der Waals surface area contributed by atoms with Crippen molar-refractivity contribution in [1.29, 1.82) is 0 Å². The van der Waals surface area contributed by atoms with Crippen molar-refractivity contribution in [3.8, 4) is 5.75 Å². The van der Waals surface area contributed by atoms with E-state index >= 15 is 0 Å². The Morgan fingerprint density at radius 2 is 1.60 bits per heavy atom. The van der Waals surface area contributed by atoms with Crippen LogP contribution in [0.25, 0.3) is 0 Å². The fourth-order valence-corrected chi connectivity index (χ4v) is 6.45. The van der Waals surface area contributed by atoms with E-state index in [0.717, 1.165) is 34.6 Å². The summed E-state index contributed by atoms with van der Waals surface area (Å²) in [6.07, 6.45) is 0.0983. The number of halogens is 5. The zero-order chi connectivity index (χ0) is 37.8. The van der Waals surface area contributed by atoms with Gasteiger partial charge in [0.1, 0.15) is 11.0 Å². The molecule has 3 amide bonds. The minimum atomic E-state index is -2.42. The van der Waals surface area contributed by atoms with Crippen molar-refractivity contribution < 1.29 is 50.6 Å². The summed E-state index contributed by atoms with van der Waals surface area (Å²) >= 11 is 0.810. The van der Waals surface area contributed by atoms with Gasteiger partial charge in [-0.1, -0.05) is 34.1 Å². The molecule has 0 unspecified atom stereocenters. The molecule has 0 bridgehead atoms. The average Bonchev–Trinajstić information content (AvgIpc) is 3.71. The van der Waals surface area contributed by atoms with Crippen LogP contribution in [-0.4, -0.2) is 95.9 Å². The zero-order valence-electron chi connectivity index (χ0n) is 29.5. The van der Waals surface area contributed by atoms with Gasteiger partial charge in [0.15, 0.2) is 11.8 Å². The topological polar surface area (TPSA) is 121 Å². The molecule has 1 saturated heterocycles. The number of esters is 1. The maximum absolute atomic E-state index is 14.2. The van der Waals surface area contributed by atoms with Crippen LogP contribution >= 0.6 is 11.3 Å². The smallest absolute Gasteiger partial charge is 0.409 e. The third-order valence-electron chi connectivity index (χ3n) is 9.30. The number of benzene rings is 1. The first-order chi connectivity index (χ1) is 23.3. The lowest BCUT2D eigenvalue weighted by Gasteiger charge is -2.38. The van der Waals surface area contributed by atoms with Crippen LogP contribution in [0.3, 0.4) is 0 Å². The number of aromatic nitrogens is 1. The number of carbonyl (C=O) groups is 4. The molecular weight excluding hydrogens is 689 g/mol. The van der Waals surface area contributed by atoms with Crippen molar-refractivity contribution in [3.05, 3.63) is 45.2 Å². The number of nitrogens with zero attached hydrogens (tertiary/aromatic N) is 4. The Labute approximate surface area is 292 Å². The number of likely N-dealkylation sites (N-methyl/N-ethyl adjacent to an activating group) is 2. The molecule has 5 atom stereocenters. The number of amides is 3. The van der Waals surface area contributed by atoms with Crippen LogP contribution in [0.2, 0.25) is 0 Å². The van der Waals surface area contributed by atoms with Crippen LogP contribution in [0.4, 0.5) is 26.7 Å². The summed E-state index contributed by atoms with van der Waals surface area (Å²) in [5, 5.41) is 4.13. The van der Waals surface area contributed by atoms with Crippen LogP contribution < -0.4 is 10.1 Å². The Morgan fingerprint density at radius 1 is 1.02 bits per heavy atom. The summed E-state index contributed by atoms with van der Waals surface area (Å²) in [7, 11) is 6.32. The molecule has 1 N–H and O–H groups in total. The first-order valence-corrected chi connectivity index (χ1v) is 17.0. The molecule has 17 heteroatoms. The second-order valence-corrected chi connectivity index (χ2v) is 14.1. The van der Waals surface area contributed by atoms with Gasteiger partial charge < -0.3 is 24.6 Å². The lowest BCUT2D eigenvalue weighted by atomic mass is 9.91. The third-order valence-corrected chi connectivity index (χ3v) is 10.2. The SMILES string of the molecule is CC[C@H](C)[C@H](NC(=O)[C@@]1(C)CCCN1C)C(=O)N(C)[C@H](C[C@@H](OC(=O)N(C)C)c1nc(C(=O)Oc2c(F)c(F)c(F)c(F)c2F)cs1)C(C)C. The molecule has 50 heavy (non-hydrogen) atoms. The van der Waals surface area contributed by atoms with Crippen molar-refractivity contribution >= 4 is 35.2 Å². The van der Waals surface area contributed by atoms with Gasteiger partial charge in [-0.05, 0) is 45.2 Å². The van der Waals surface area contributed by atoms with Crippen LogP contribution in [0.1, 0.15) is 81.9 Å². The van der Waals surface area contributed by atoms with Gasteiger partial charge in [-0.15, -0.1) is 11.3 Å². The summed E-state index contributed by atoms with van der Waals surface area (Å²) in [4.78, 5) is 61.9. The molecule has 1 fully saturated rings. The van der Waals surface area contributed by atoms with E-state index in [2.05, 4.69) is 15.0 Å². The molecule has 2 heterocycles. The van der Waals surface area contributed by atoms with E-state index in [1.807, 2.05) is 46.6 Å². The summed E-state index contributed by atoms with van der Waals surface area (Å²) < 4.78 is 79.4. The van der Waals surface area contributed by atoms with Gasteiger partial charge in [0.05, 0.1) is 5.54 Å². The lowest BCUT2D eigenvalue weighted by Crippen LogP contribution is -2.60. The Balaban J connectivity index is 1.91. The standard InChI is InChI=1S/C33H44F5N5O6S/c1-10-17(4)26(40-31(46)33(5)12-11-13-42(33)8)29(44)43(9)19(16(2)3)14-20(48-32(47)41(6)7)28-39-18(15-50-28)30(45)49-27-24(37)22(35)21(34)23(36)25(27)38/h15-17,19-20,26H,10-14H2,1-9H3,(H,40,46)/t17-,19+,20+,26-,33+/m0/s1. The van der Waals surface area contributed by atoms with Crippen molar-refractivity contribution in [3.63, 3.8) is 0 Å². The van der Waals surface area contributed by atoms with Crippen molar-refractivity contribution in [1.82, 2.24) is 25.0 Å². The molecule has 1 aliphatic rings. The van der Waals surface area contributed by atoms with E-state index in [9.17, 15) is 41.1 Å². The van der Waals surface area contributed by atoms with Gasteiger partial charge in [-0.2, -0.15) is 8.78 Å². The molecule has 1 aromatic heterocycles. The molecule has 1 aliphatic heterocycles. The molecule has 11 nitrogen and oxygen atoms in total. The molecule has 278 valence electrons. The van der Waals surface area contributed by atoms with Crippen molar-refractivity contribution in [2.24, 2.45) is 11.8 Å². The van der Waals surface area contributed by atoms with Gasteiger partial charge in [0, 0.05) is 39.0 Å². The highest BCUT2D eigenvalue weighted by molar-refractivity contribution is 7.09. The molecule has 3 rings (SSSR count). The number of ether oxygens (including phenoxy) is 2. The highest BCUT2D eigenvalue weighted by Gasteiger charge is 2.44. The number of hydrogen-bond donors (Lipinski definition) is 1. The summed E-state index contributed by atoms with van der Waals surface area (Å²) in [6.45, 7) is 10.1. The van der Waals surface area contributed by atoms with Crippen LogP contribution in [0, 0.1) is 40.9 Å². The molecule has 0 radical (unpaired) electrons. The third kappa shape index (κ3) is 8.53. The fraction of sp³-hybridized carbons (Fsp3) is 0.606. The van der Waals surface area contributed by atoms with Gasteiger partial charge in [-0.3, -0.25) is 14.5 Å². The second-order valence-electron chi connectivity index (χ2n) is 13.3. The predicted molar refractivity (Wildman–Crippen MR) is 174 cm³/mol. The van der Waals surface area contributed by atoms with Gasteiger partial charge in [-0.25, -0.2) is 27.7 Å². The molecule has 0 saturated carbocycles. The van der Waals surface area contributed by atoms with Crippen LogP contribution in [0.15, 0.2) is 5.38 Å². The summed E-state index contributed by atoms with van der Waals surface area (Å²) in [5.74, 6) is -16.1. The number of rotatable bonds is 13. The monoisotopic (exact) mass is 733 g/mol. The van der Waals surface area contributed by atoms with Crippen LogP contribution in [-0.2, 0) is 14.3 Å². The van der Waals surface area contributed by atoms with Gasteiger partial charge in [0.2, 0.25) is 46.6 Å². The van der Waals surface area contributed by atoms with Gasteiger partial charge >= 0.3 is 12.1 Å². The number of likely N-dealkylation sites (tertiary alicyclic amines) is 1. The first-order valence-electron chi connectivity index (χ1n) is 16.1. The second kappa shape index (κ2) is 16.4. The highest BCUT2D eigenvalue weighted by Crippen LogP contribution is 2.34. The van der Waals surface area contributed by atoms with E-state index in [4.69, 9.17) is 4.74 Å². The van der Waals surface area contributed by atoms with E-state index < -0.39 is 76.3 Å². The zero-order valence-corrected chi connectivity index (χ0v) is 30.4. The highest BCUT2D eigenvalue weighted by atomic mass is 32.1. The summed E-state index contributed by atoms with van der Waals surface area (Å²) in [5.41, 5.74) is -1.33. The van der Waals surface area contributed by atoms with Gasteiger partial charge in [0.25, 0.3) is 0 Å². The fourth-order valence-electron chi connectivity index (χ4n) is 5.62. The number of nitrogens with one attached hydrogen (secondary N) is 1. The Kier molecular flexibility index (Phi) is 13.3. The van der Waals surface area contributed by atoms with E-state index in [-0.39, 0.29) is 35.1 Å². The van der Waals surface area contributed by atoms with E-state index in [0.29, 0.717) is 12.8 Å². The molecule has 0 aliphatic carbocycles. The number of carbonyl (C=O) groups excluding carboxylic acids is 4. The van der Waals surface area contributed by atoms with E-state index in [1.165, 1.54) is 19.0 Å². The average molecular weight is 734 g/mol. The normalized spacial score (nSPS) is 18.7. The van der Waals surface area contributed by atoms with Crippen LogP contribution in [0.5, 0.6) is 5.75 Å². The Bertz CT molecular complexity index is 1560. The quantitative estimate of drug-likeness (QED) is 0.0918. The summed E-state index contributed by atoms with van der Waals surface area (Å²) in [6, 6.07) is -1.47. The van der Waals surface area contributed by atoms with Crippen molar-refractivity contribution in [2.45, 2.75) is 84.0 Å². The molecule has 2 aromatic rings. The van der Waals surface area contributed by atoms with Crippen molar-refractivity contribution in [2.75, 3.05) is 34.7 Å². The lowest BCUT2D eigenvalue weighted by molar-refractivity contribution is -0.142. The molecule has 0 spiro atoms. The maximum atomic E-state index is 14.2. The van der Waals surface area contributed by atoms with E-state index in [1.54, 1.807) is 7.05 Å². The predicted octanol–water partition coefficient (Wildman–Crippen LogP) is 5.69. The number of thiazole rings is 1. The Hall–Kier alpha value is -3.86. The first kappa shape index (κ1) is 40.6. The maximum Gasteiger partial charge on any atom is 0.409 e. The Morgan fingerprint density at radius 3 is 2.10 bits per heavy atom. The molecular formula is C33H44F5N5O6S.